The standard InChI is InChI=1S/C18H17N7O3/c1-11-8-14(20-15(26)10-28-12-6-4-3-5-7-12)25(23-11)18-21-16-13(17(27)22-18)9-19-24(16)2/h3-9H,10H2,1-2H3,(H,20,26)(H,21,22,27). The van der Waals surface area contributed by atoms with Gasteiger partial charge in [-0.05, 0) is 19.1 Å². The first-order chi connectivity index (χ1) is 13.5. The lowest BCUT2D eigenvalue weighted by Gasteiger charge is -2.09. The van der Waals surface area contributed by atoms with E-state index in [1.807, 2.05) is 18.2 Å². The minimum Gasteiger partial charge on any atom is -0.484 e. The molecule has 0 aliphatic heterocycles. The normalized spacial score (nSPS) is 10.9. The number of ether oxygens (including phenoxy) is 1. The van der Waals surface area contributed by atoms with E-state index in [-0.39, 0.29) is 24.0 Å². The Kier molecular flexibility index (Phi) is 4.36. The van der Waals surface area contributed by atoms with Crippen LogP contribution < -0.4 is 15.6 Å². The van der Waals surface area contributed by atoms with Gasteiger partial charge in [0.05, 0.1) is 11.9 Å². The molecule has 0 atom stereocenters. The van der Waals surface area contributed by atoms with Crippen molar-refractivity contribution in [2.24, 2.45) is 7.05 Å². The monoisotopic (exact) mass is 379 g/mol. The van der Waals surface area contributed by atoms with Crippen molar-refractivity contribution in [3.8, 4) is 11.7 Å². The van der Waals surface area contributed by atoms with Crippen molar-refractivity contribution >= 4 is 22.8 Å². The second-order valence-electron chi connectivity index (χ2n) is 6.13. The van der Waals surface area contributed by atoms with E-state index in [1.54, 1.807) is 32.2 Å². The maximum atomic E-state index is 12.3. The van der Waals surface area contributed by atoms with Crippen LogP contribution in [-0.2, 0) is 11.8 Å². The molecule has 4 rings (SSSR count). The number of aromatic amines is 1. The van der Waals surface area contributed by atoms with Gasteiger partial charge in [0, 0.05) is 13.1 Å². The number of para-hydroxylation sites is 1. The molecule has 0 saturated carbocycles. The van der Waals surface area contributed by atoms with Crippen molar-refractivity contribution in [3.05, 3.63) is 58.6 Å². The molecule has 0 aliphatic rings. The van der Waals surface area contributed by atoms with Crippen LogP contribution in [0.2, 0.25) is 0 Å². The van der Waals surface area contributed by atoms with Gasteiger partial charge in [-0.3, -0.25) is 19.3 Å². The number of hydrogen-bond donors (Lipinski definition) is 2. The number of fused-ring (bicyclic) bond motifs is 1. The zero-order chi connectivity index (χ0) is 19.7. The highest BCUT2D eigenvalue weighted by Crippen LogP contribution is 2.16. The third kappa shape index (κ3) is 3.34. The number of anilines is 1. The molecule has 0 spiro atoms. The van der Waals surface area contributed by atoms with E-state index in [0.717, 1.165) is 0 Å². The maximum Gasteiger partial charge on any atom is 0.263 e. The molecular formula is C18H17N7O3. The summed E-state index contributed by atoms with van der Waals surface area (Å²) in [6.07, 6.45) is 1.45. The summed E-state index contributed by atoms with van der Waals surface area (Å²) in [7, 11) is 1.69. The lowest BCUT2D eigenvalue weighted by Crippen LogP contribution is -2.23. The van der Waals surface area contributed by atoms with Gasteiger partial charge in [-0.25, -0.2) is 0 Å². The third-order valence-electron chi connectivity index (χ3n) is 4.00. The summed E-state index contributed by atoms with van der Waals surface area (Å²) in [6, 6.07) is 10.7. The van der Waals surface area contributed by atoms with Gasteiger partial charge in [-0.2, -0.15) is 19.9 Å². The van der Waals surface area contributed by atoms with Gasteiger partial charge in [0.2, 0.25) is 5.95 Å². The van der Waals surface area contributed by atoms with Crippen molar-refractivity contribution < 1.29 is 9.53 Å². The summed E-state index contributed by atoms with van der Waals surface area (Å²) >= 11 is 0. The fraction of sp³-hybridized carbons (Fsp3) is 0.167. The van der Waals surface area contributed by atoms with E-state index >= 15 is 0 Å². The molecule has 0 unspecified atom stereocenters. The summed E-state index contributed by atoms with van der Waals surface area (Å²) in [5.41, 5.74) is 0.717. The lowest BCUT2D eigenvalue weighted by atomic mass is 10.3. The first-order valence-electron chi connectivity index (χ1n) is 8.48. The van der Waals surface area contributed by atoms with Crippen LogP contribution in [0.3, 0.4) is 0 Å². The molecule has 0 fully saturated rings. The van der Waals surface area contributed by atoms with Gasteiger partial charge in [-0.1, -0.05) is 18.2 Å². The second kappa shape index (κ2) is 6.99. The number of hydrogen-bond acceptors (Lipinski definition) is 6. The van der Waals surface area contributed by atoms with Gasteiger partial charge in [-0.15, -0.1) is 0 Å². The van der Waals surface area contributed by atoms with Crippen LogP contribution in [0.25, 0.3) is 17.0 Å². The van der Waals surface area contributed by atoms with E-state index in [1.165, 1.54) is 15.6 Å². The predicted molar refractivity (Wildman–Crippen MR) is 102 cm³/mol. The van der Waals surface area contributed by atoms with Gasteiger partial charge >= 0.3 is 0 Å². The highest BCUT2D eigenvalue weighted by atomic mass is 16.5. The van der Waals surface area contributed by atoms with Crippen LogP contribution in [0.5, 0.6) is 5.75 Å². The maximum absolute atomic E-state index is 12.3. The molecule has 0 saturated heterocycles. The molecule has 142 valence electrons. The number of H-pyrrole nitrogens is 1. The average Bonchev–Trinajstić information content (AvgIpc) is 3.24. The predicted octanol–water partition coefficient (Wildman–Crippen LogP) is 1.17. The molecule has 10 nitrogen and oxygen atoms in total. The Bertz CT molecular complexity index is 1210. The molecule has 2 N–H and O–H groups in total. The largest absolute Gasteiger partial charge is 0.484 e. The molecule has 1 aromatic carbocycles. The zero-order valence-corrected chi connectivity index (χ0v) is 15.2. The quantitative estimate of drug-likeness (QED) is 0.537. The smallest absolute Gasteiger partial charge is 0.263 e. The Morgan fingerprint density at radius 2 is 2.07 bits per heavy atom. The summed E-state index contributed by atoms with van der Waals surface area (Å²) in [5, 5.41) is 11.5. The number of amides is 1. The Labute approximate surface area is 158 Å². The van der Waals surface area contributed by atoms with Crippen molar-refractivity contribution in [3.63, 3.8) is 0 Å². The summed E-state index contributed by atoms with van der Waals surface area (Å²) in [4.78, 5) is 31.6. The summed E-state index contributed by atoms with van der Waals surface area (Å²) < 4.78 is 8.31. The van der Waals surface area contributed by atoms with Crippen molar-refractivity contribution in [2.45, 2.75) is 6.92 Å². The van der Waals surface area contributed by atoms with Crippen LogP contribution in [0.1, 0.15) is 5.69 Å². The molecule has 28 heavy (non-hydrogen) atoms. The topological polar surface area (TPSA) is 120 Å². The highest BCUT2D eigenvalue weighted by Gasteiger charge is 2.15. The van der Waals surface area contributed by atoms with Gasteiger partial charge in [0.15, 0.2) is 12.3 Å². The zero-order valence-electron chi connectivity index (χ0n) is 15.2. The average molecular weight is 379 g/mol. The van der Waals surface area contributed by atoms with E-state index in [0.29, 0.717) is 28.3 Å². The molecule has 0 bridgehead atoms. The highest BCUT2D eigenvalue weighted by molar-refractivity contribution is 5.91. The lowest BCUT2D eigenvalue weighted by molar-refractivity contribution is -0.118. The molecular weight excluding hydrogens is 362 g/mol. The van der Waals surface area contributed by atoms with Gasteiger partial charge < -0.3 is 10.1 Å². The second-order valence-corrected chi connectivity index (χ2v) is 6.13. The molecule has 10 heteroatoms. The molecule has 3 aromatic heterocycles. The third-order valence-corrected chi connectivity index (χ3v) is 4.00. The van der Waals surface area contributed by atoms with Crippen molar-refractivity contribution in [1.29, 1.82) is 0 Å². The van der Waals surface area contributed by atoms with Crippen molar-refractivity contribution in [2.75, 3.05) is 11.9 Å². The number of aryl methyl sites for hydroxylation is 2. The molecule has 1 amide bonds. The fourth-order valence-corrected chi connectivity index (χ4v) is 2.72. The van der Waals surface area contributed by atoms with Crippen LogP contribution in [0.15, 0.2) is 47.4 Å². The van der Waals surface area contributed by atoms with E-state index < -0.39 is 0 Å². The fourth-order valence-electron chi connectivity index (χ4n) is 2.72. The summed E-state index contributed by atoms with van der Waals surface area (Å²) in [6.45, 7) is 1.60. The van der Waals surface area contributed by atoms with Crippen molar-refractivity contribution in [1.82, 2.24) is 29.5 Å². The number of rotatable bonds is 5. The van der Waals surface area contributed by atoms with E-state index in [4.69, 9.17) is 4.74 Å². The molecule has 0 radical (unpaired) electrons. The number of aromatic nitrogens is 6. The Morgan fingerprint density at radius 1 is 1.29 bits per heavy atom. The van der Waals surface area contributed by atoms with Crippen LogP contribution in [0, 0.1) is 6.92 Å². The number of nitrogens with zero attached hydrogens (tertiary/aromatic N) is 5. The van der Waals surface area contributed by atoms with Gasteiger partial charge in [0.1, 0.15) is 17.0 Å². The minimum absolute atomic E-state index is 0.168. The van der Waals surface area contributed by atoms with E-state index in [9.17, 15) is 9.59 Å². The van der Waals surface area contributed by atoms with Crippen LogP contribution >= 0.6 is 0 Å². The van der Waals surface area contributed by atoms with Gasteiger partial charge in [0.25, 0.3) is 11.5 Å². The Balaban J connectivity index is 1.59. The molecule has 3 heterocycles. The number of nitrogens with one attached hydrogen (secondary N) is 2. The minimum atomic E-state index is -0.367. The Hall–Kier alpha value is -3.95. The Morgan fingerprint density at radius 3 is 2.86 bits per heavy atom. The van der Waals surface area contributed by atoms with E-state index in [2.05, 4.69) is 25.5 Å². The number of carbonyl (C=O) groups excluding carboxylic acids is 1. The van der Waals surface area contributed by atoms with Crippen LogP contribution in [-0.4, -0.2) is 42.0 Å². The van der Waals surface area contributed by atoms with Crippen LogP contribution in [0.4, 0.5) is 5.82 Å². The molecule has 4 aromatic rings. The number of carbonyl (C=O) groups is 1. The SMILES string of the molecule is Cc1cc(NC(=O)COc2ccccc2)n(-c2nc3c(cnn3C)c(=O)[nH]2)n1. The molecule has 0 aliphatic carbocycles. The summed E-state index contributed by atoms with van der Waals surface area (Å²) in [5.74, 6) is 0.765. The number of benzene rings is 1. The first kappa shape index (κ1) is 17.5. The first-order valence-corrected chi connectivity index (χ1v) is 8.48.